The second-order valence-electron chi connectivity index (χ2n) is 5.71. The lowest BCUT2D eigenvalue weighted by Crippen LogP contribution is -2.24. The Morgan fingerprint density at radius 1 is 1.20 bits per heavy atom. The van der Waals surface area contributed by atoms with Gasteiger partial charge in [0.1, 0.15) is 11.5 Å². The van der Waals surface area contributed by atoms with Gasteiger partial charge in [-0.15, -0.1) is 0 Å². The highest BCUT2D eigenvalue weighted by Crippen LogP contribution is 2.21. The lowest BCUT2D eigenvalue weighted by Gasteiger charge is -2.11. The molecule has 1 aromatic carbocycles. The highest BCUT2D eigenvalue weighted by molar-refractivity contribution is 7.89. The van der Waals surface area contributed by atoms with Crippen LogP contribution >= 0.6 is 0 Å². The van der Waals surface area contributed by atoms with Gasteiger partial charge in [-0.05, 0) is 57.7 Å². The van der Waals surface area contributed by atoms with Crippen molar-refractivity contribution < 1.29 is 17.6 Å². The average molecular weight is 362 g/mol. The molecule has 1 atom stereocenters. The van der Waals surface area contributed by atoms with Crippen LogP contribution in [-0.4, -0.2) is 21.4 Å². The lowest BCUT2D eigenvalue weighted by atomic mass is 10.1. The number of aryl methyl sites for hydroxylation is 2. The number of carbonyl (C=O) groups is 1. The number of hydrogen-bond acceptors (Lipinski definition) is 4. The molecule has 0 saturated heterocycles. The van der Waals surface area contributed by atoms with Crippen LogP contribution in [0.5, 0.6) is 0 Å². The van der Waals surface area contributed by atoms with E-state index in [9.17, 15) is 13.2 Å². The minimum atomic E-state index is -3.46. The first-order valence-corrected chi connectivity index (χ1v) is 9.30. The van der Waals surface area contributed by atoms with E-state index in [-0.39, 0.29) is 16.8 Å². The zero-order valence-electron chi connectivity index (χ0n) is 14.7. The van der Waals surface area contributed by atoms with E-state index in [4.69, 9.17) is 4.42 Å². The molecule has 6 nitrogen and oxygen atoms in total. The molecular weight excluding hydrogens is 340 g/mol. The van der Waals surface area contributed by atoms with E-state index < -0.39 is 10.0 Å². The van der Waals surface area contributed by atoms with Crippen LogP contribution in [0.25, 0.3) is 6.08 Å². The number of carbonyl (C=O) groups excluding carboxylic acids is 1. The van der Waals surface area contributed by atoms with Gasteiger partial charge in [0, 0.05) is 11.6 Å². The fourth-order valence-electron chi connectivity index (χ4n) is 2.47. The average Bonchev–Trinajstić information content (AvgIpc) is 2.92. The number of benzene rings is 1. The van der Waals surface area contributed by atoms with E-state index in [0.717, 1.165) is 22.6 Å². The van der Waals surface area contributed by atoms with Gasteiger partial charge in [-0.25, -0.2) is 13.1 Å². The van der Waals surface area contributed by atoms with Crippen molar-refractivity contribution in [1.29, 1.82) is 0 Å². The molecule has 2 aromatic rings. The summed E-state index contributed by atoms with van der Waals surface area (Å²) < 4.78 is 31.0. The summed E-state index contributed by atoms with van der Waals surface area (Å²) in [6.07, 6.45) is 3.05. The minimum Gasteiger partial charge on any atom is -0.466 e. The SMILES string of the molecule is CNS(=O)(=O)c1ccc(/C=C/C(=O)NC(C)c2cc(C)oc2C)cc1. The number of nitrogens with one attached hydrogen (secondary N) is 2. The molecule has 1 unspecified atom stereocenters. The largest absolute Gasteiger partial charge is 0.466 e. The molecule has 2 N–H and O–H groups in total. The van der Waals surface area contributed by atoms with Gasteiger partial charge in [0.15, 0.2) is 0 Å². The molecule has 2 rings (SSSR count). The summed E-state index contributed by atoms with van der Waals surface area (Å²) in [6, 6.07) is 8.00. The van der Waals surface area contributed by atoms with Gasteiger partial charge in [0.05, 0.1) is 10.9 Å². The van der Waals surface area contributed by atoms with Crippen LogP contribution in [0.4, 0.5) is 0 Å². The zero-order valence-corrected chi connectivity index (χ0v) is 15.5. The molecular formula is C18H22N2O4S. The molecule has 0 spiro atoms. The van der Waals surface area contributed by atoms with Crippen LogP contribution in [0.15, 0.2) is 45.7 Å². The Kier molecular flexibility index (Phi) is 5.81. The van der Waals surface area contributed by atoms with Crippen LogP contribution in [0.1, 0.15) is 35.6 Å². The summed E-state index contributed by atoms with van der Waals surface area (Å²) in [4.78, 5) is 12.2. The summed E-state index contributed by atoms with van der Waals surface area (Å²) in [5, 5.41) is 2.87. The van der Waals surface area contributed by atoms with E-state index in [1.165, 1.54) is 25.3 Å². The first-order chi connectivity index (χ1) is 11.7. The van der Waals surface area contributed by atoms with Crippen molar-refractivity contribution in [2.75, 3.05) is 7.05 Å². The minimum absolute atomic E-state index is 0.169. The Labute approximate surface area is 148 Å². The maximum Gasteiger partial charge on any atom is 0.244 e. The number of furan rings is 1. The van der Waals surface area contributed by atoms with Crippen LogP contribution < -0.4 is 10.0 Å². The van der Waals surface area contributed by atoms with Crippen molar-refractivity contribution in [3.8, 4) is 0 Å². The summed E-state index contributed by atoms with van der Waals surface area (Å²) in [7, 11) is -2.10. The van der Waals surface area contributed by atoms with E-state index in [1.54, 1.807) is 18.2 Å². The van der Waals surface area contributed by atoms with E-state index in [2.05, 4.69) is 10.0 Å². The number of sulfonamides is 1. The van der Waals surface area contributed by atoms with Crippen molar-refractivity contribution >= 4 is 22.0 Å². The number of rotatable bonds is 6. The molecule has 1 heterocycles. The first kappa shape index (κ1) is 19.0. The normalized spacial score (nSPS) is 13.1. The molecule has 134 valence electrons. The van der Waals surface area contributed by atoms with Gasteiger partial charge < -0.3 is 9.73 Å². The summed E-state index contributed by atoms with van der Waals surface area (Å²) in [6.45, 7) is 5.62. The second kappa shape index (κ2) is 7.67. The monoisotopic (exact) mass is 362 g/mol. The quantitative estimate of drug-likeness (QED) is 0.773. The van der Waals surface area contributed by atoms with Gasteiger partial charge in [0.2, 0.25) is 15.9 Å². The van der Waals surface area contributed by atoms with Crippen molar-refractivity contribution in [2.24, 2.45) is 0 Å². The summed E-state index contributed by atoms with van der Waals surface area (Å²) in [5.74, 6) is 1.36. The molecule has 0 aliphatic heterocycles. The molecule has 1 aromatic heterocycles. The van der Waals surface area contributed by atoms with E-state index in [1.807, 2.05) is 26.8 Å². The molecule has 25 heavy (non-hydrogen) atoms. The predicted octanol–water partition coefficient (Wildman–Crippen LogP) is 2.70. The van der Waals surface area contributed by atoms with Crippen LogP contribution in [0.2, 0.25) is 0 Å². The highest BCUT2D eigenvalue weighted by atomic mass is 32.2. The molecule has 0 bridgehead atoms. The Bertz CT molecular complexity index is 880. The summed E-state index contributed by atoms with van der Waals surface area (Å²) >= 11 is 0. The van der Waals surface area contributed by atoms with Crippen molar-refractivity contribution in [2.45, 2.75) is 31.7 Å². The van der Waals surface area contributed by atoms with Crippen molar-refractivity contribution in [1.82, 2.24) is 10.0 Å². The Balaban J connectivity index is 2.01. The highest BCUT2D eigenvalue weighted by Gasteiger charge is 2.14. The molecule has 0 fully saturated rings. The number of hydrogen-bond donors (Lipinski definition) is 2. The number of amides is 1. The third kappa shape index (κ3) is 4.80. The predicted molar refractivity (Wildman–Crippen MR) is 96.5 cm³/mol. The van der Waals surface area contributed by atoms with Crippen LogP contribution in [-0.2, 0) is 14.8 Å². The van der Waals surface area contributed by atoms with Crippen molar-refractivity contribution in [3.63, 3.8) is 0 Å². The summed E-state index contributed by atoms with van der Waals surface area (Å²) in [5.41, 5.74) is 1.68. The maximum absolute atomic E-state index is 12.1. The molecule has 1 amide bonds. The smallest absolute Gasteiger partial charge is 0.244 e. The maximum atomic E-state index is 12.1. The second-order valence-corrected chi connectivity index (χ2v) is 7.60. The third-order valence-electron chi connectivity index (χ3n) is 3.79. The Morgan fingerprint density at radius 3 is 2.36 bits per heavy atom. The third-order valence-corrected chi connectivity index (χ3v) is 5.22. The van der Waals surface area contributed by atoms with Gasteiger partial charge >= 0.3 is 0 Å². The van der Waals surface area contributed by atoms with Crippen molar-refractivity contribution in [3.05, 3.63) is 59.1 Å². The Morgan fingerprint density at radius 2 is 1.84 bits per heavy atom. The van der Waals surface area contributed by atoms with Gasteiger partial charge in [-0.3, -0.25) is 4.79 Å². The fraction of sp³-hybridized carbons (Fsp3) is 0.278. The molecule has 0 radical (unpaired) electrons. The Hall–Kier alpha value is -2.38. The van der Waals surface area contributed by atoms with Gasteiger partial charge in [-0.1, -0.05) is 12.1 Å². The standard InChI is InChI=1S/C18H22N2O4S/c1-12-11-17(14(3)24-12)13(2)20-18(21)10-7-15-5-8-16(9-6-15)25(22,23)19-4/h5-11,13,19H,1-4H3,(H,20,21)/b10-7+. The topological polar surface area (TPSA) is 88.4 Å². The van der Waals surface area contributed by atoms with E-state index >= 15 is 0 Å². The lowest BCUT2D eigenvalue weighted by molar-refractivity contribution is -0.117. The zero-order chi connectivity index (χ0) is 18.6. The van der Waals surface area contributed by atoms with Crippen LogP contribution in [0, 0.1) is 13.8 Å². The molecule has 7 heteroatoms. The van der Waals surface area contributed by atoms with Gasteiger partial charge in [0.25, 0.3) is 0 Å². The molecule has 0 aliphatic carbocycles. The van der Waals surface area contributed by atoms with Crippen LogP contribution in [0.3, 0.4) is 0 Å². The molecule has 0 aliphatic rings. The first-order valence-electron chi connectivity index (χ1n) is 7.82. The van der Waals surface area contributed by atoms with Gasteiger partial charge in [-0.2, -0.15) is 0 Å². The fourth-order valence-corrected chi connectivity index (χ4v) is 3.20. The van der Waals surface area contributed by atoms with E-state index in [0.29, 0.717) is 0 Å². The molecule has 0 saturated carbocycles.